The van der Waals surface area contributed by atoms with Crippen molar-refractivity contribution in [1.29, 1.82) is 0 Å². The molecule has 3 rings (SSSR count). The molecule has 34 heavy (non-hydrogen) atoms. The molecule has 0 bridgehead atoms. The van der Waals surface area contributed by atoms with Gasteiger partial charge in [0.15, 0.2) is 0 Å². The average molecular weight is 500 g/mol. The molecule has 0 aliphatic carbocycles. The third-order valence-electron chi connectivity index (χ3n) is 4.86. The molecule has 1 amide bonds. The van der Waals surface area contributed by atoms with Gasteiger partial charge in [-0.15, -0.1) is 0 Å². The quantitative estimate of drug-likeness (QED) is 0.288. The van der Waals surface area contributed by atoms with Gasteiger partial charge in [0.25, 0.3) is 15.9 Å². The molecule has 10 heteroatoms. The van der Waals surface area contributed by atoms with Gasteiger partial charge in [-0.2, -0.15) is 5.10 Å². The maximum absolute atomic E-state index is 13.4. The molecular weight excluding hydrogens is 478 g/mol. The van der Waals surface area contributed by atoms with E-state index in [0.717, 1.165) is 4.31 Å². The van der Waals surface area contributed by atoms with Gasteiger partial charge in [0.1, 0.15) is 6.54 Å². The van der Waals surface area contributed by atoms with E-state index in [4.69, 9.17) is 11.6 Å². The molecule has 0 spiro atoms. The topological polar surface area (TPSA) is 105 Å². The summed E-state index contributed by atoms with van der Waals surface area (Å²) < 4.78 is 32.4. The van der Waals surface area contributed by atoms with E-state index in [-0.39, 0.29) is 10.6 Å². The molecule has 1 N–H and O–H groups in total. The summed E-state index contributed by atoms with van der Waals surface area (Å²) in [6.45, 7) is 1.16. The maximum atomic E-state index is 13.4. The number of benzene rings is 3. The van der Waals surface area contributed by atoms with Crippen molar-refractivity contribution in [3.8, 4) is 0 Å². The number of methoxy groups -OCH3 is 1. The van der Waals surface area contributed by atoms with Gasteiger partial charge in [0.2, 0.25) is 0 Å². The van der Waals surface area contributed by atoms with Crippen LogP contribution in [-0.2, 0) is 19.6 Å². The highest BCUT2D eigenvalue weighted by Crippen LogP contribution is 2.30. The van der Waals surface area contributed by atoms with Gasteiger partial charge in [0.05, 0.1) is 29.5 Å². The third kappa shape index (κ3) is 5.81. The predicted octanol–water partition coefficient (Wildman–Crippen LogP) is 3.78. The van der Waals surface area contributed by atoms with Crippen molar-refractivity contribution in [1.82, 2.24) is 5.43 Å². The second-order valence-electron chi connectivity index (χ2n) is 7.12. The molecule has 0 aromatic heterocycles. The van der Waals surface area contributed by atoms with Gasteiger partial charge in [-0.25, -0.2) is 18.6 Å². The molecule has 3 aromatic rings. The van der Waals surface area contributed by atoms with Gasteiger partial charge < -0.3 is 4.74 Å². The largest absolute Gasteiger partial charge is 0.465 e. The molecule has 0 radical (unpaired) electrons. The molecule has 0 saturated carbocycles. The normalized spacial score (nSPS) is 11.3. The van der Waals surface area contributed by atoms with E-state index in [2.05, 4.69) is 15.3 Å². The first-order valence-corrected chi connectivity index (χ1v) is 11.9. The number of hydrazone groups is 1. The van der Waals surface area contributed by atoms with Gasteiger partial charge in [0, 0.05) is 5.02 Å². The van der Waals surface area contributed by atoms with E-state index < -0.39 is 28.4 Å². The van der Waals surface area contributed by atoms with Crippen LogP contribution < -0.4 is 9.73 Å². The Kier molecular flexibility index (Phi) is 8.04. The lowest BCUT2D eigenvalue weighted by molar-refractivity contribution is -0.119. The number of hydrogen-bond acceptors (Lipinski definition) is 6. The van der Waals surface area contributed by atoms with E-state index in [0.29, 0.717) is 21.7 Å². The lowest BCUT2D eigenvalue weighted by Crippen LogP contribution is -2.40. The zero-order valence-electron chi connectivity index (χ0n) is 18.4. The predicted molar refractivity (Wildman–Crippen MR) is 131 cm³/mol. The van der Waals surface area contributed by atoms with Crippen LogP contribution in [0.25, 0.3) is 0 Å². The smallest absolute Gasteiger partial charge is 0.337 e. The van der Waals surface area contributed by atoms with Crippen LogP contribution in [0.4, 0.5) is 5.69 Å². The summed E-state index contributed by atoms with van der Waals surface area (Å²) in [6, 6.07) is 19.0. The van der Waals surface area contributed by atoms with Gasteiger partial charge >= 0.3 is 5.97 Å². The van der Waals surface area contributed by atoms with Crippen LogP contribution in [0.1, 0.15) is 21.5 Å². The summed E-state index contributed by atoms with van der Waals surface area (Å²) in [4.78, 5) is 24.2. The Morgan fingerprint density at radius 3 is 2.35 bits per heavy atom. The summed E-state index contributed by atoms with van der Waals surface area (Å²) in [5.41, 5.74) is 4.14. The number of carbonyl (C=O) groups excluding carboxylic acids is 2. The van der Waals surface area contributed by atoms with Gasteiger partial charge in [-0.3, -0.25) is 9.10 Å². The summed E-state index contributed by atoms with van der Waals surface area (Å²) in [5, 5.41) is 4.26. The third-order valence-corrected chi connectivity index (χ3v) is 7.04. The minimum atomic E-state index is -4.06. The van der Waals surface area contributed by atoms with Crippen molar-refractivity contribution in [2.75, 3.05) is 18.0 Å². The zero-order chi connectivity index (χ0) is 24.7. The second-order valence-corrected chi connectivity index (χ2v) is 9.38. The fourth-order valence-corrected chi connectivity index (χ4v) is 4.72. The van der Waals surface area contributed by atoms with Crippen LogP contribution >= 0.6 is 11.6 Å². The lowest BCUT2D eigenvalue weighted by atomic mass is 10.1. The van der Waals surface area contributed by atoms with Gasteiger partial charge in [-0.1, -0.05) is 48.0 Å². The second kappa shape index (κ2) is 11.0. The Morgan fingerprint density at radius 2 is 1.71 bits per heavy atom. The summed E-state index contributed by atoms with van der Waals surface area (Å²) >= 11 is 6.21. The van der Waals surface area contributed by atoms with Crippen molar-refractivity contribution in [3.63, 3.8) is 0 Å². The van der Waals surface area contributed by atoms with Crippen molar-refractivity contribution in [3.05, 3.63) is 94.5 Å². The van der Waals surface area contributed by atoms with Gasteiger partial charge in [-0.05, 0) is 54.4 Å². The Bertz CT molecular complexity index is 1310. The minimum absolute atomic E-state index is 0.0383. The van der Waals surface area contributed by atoms with E-state index in [1.54, 1.807) is 67.6 Å². The van der Waals surface area contributed by atoms with Crippen LogP contribution in [0.5, 0.6) is 0 Å². The monoisotopic (exact) mass is 499 g/mol. The number of anilines is 1. The number of nitrogens with one attached hydrogen (secondary N) is 1. The molecule has 0 fully saturated rings. The molecule has 0 atom stereocenters. The first-order chi connectivity index (χ1) is 16.2. The zero-order valence-corrected chi connectivity index (χ0v) is 20.0. The molecule has 3 aromatic carbocycles. The summed E-state index contributed by atoms with van der Waals surface area (Å²) in [6.07, 6.45) is 1.37. The summed E-state index contributed by atoms with van der Waals surface area (Å²) in [7, 11) is -2.77. The highest BCUT2D eigenvalue weighted by Gasteiger charge is 2.28. The van der Waals surface area contributed by atoms with Crippen molar-refractivity contribution in [2.45, 2.75) is 11.8 Å². The minimum Gasteiger partial charge on any atom is -0.465 e. The number of carbonyl (C=O) groups is 2. The van der Waals surface area contributed by atoms with E-state index in [1.165, 1.54) is 25.5 Å². The lowest BCUT2D eigenvalue weighted by Gasteiger charge is -2.25. The molecule has 0 aliphatic heterocycles. The van der Waals surface area contributed by atoms with E-state index in [9.17, 15) is 18.0 Å². The number of sulfonamides is 1. The molecule has 0 saturated heterocycles. The van der Waals surface area contributed by atoms with Crippen molar-refractivity contribution in [2.24, 2.45) is 5.10 Å². The maximum Gasteiger partial charge on any atom is 0.337 e. The number of amides is 1. The van der Waals surface area contributed by atoms with Crippen molar-refractivity contribution >= 4 is 45.4 Å². The molecule has 8 nitrogen and oxygen atoms in total. The highest BCUT2D eigenvalue weighted by atomic mass is 35.5. The van der Waals surface area contributed by atoms with E-state index >= 15 is 0 Å². The Hall–Kier alpha value is -3.69. The number of halogens is 1. The van der Waals surface area contributed by atoms with Crippen LogP contribution in [-0.4, -0.2) is 40.2 Å². The first-order valence-electron chi connectivity index (χ1n) is 10.1. The number of esters is 1. The van der Waals surface area contributed by atoms with Crippen LogP contribution in [0.15, 0.2) is 82.8 Å². The fourth-order valence-electron chi connectivity index (χ4n) is 3.05. The van der Waals surface area contributed by atoms with Crippen molar-refractivity contribution < 1.29 is 22.7 Å². The number of nitrogens with zero attached hydrogens (tertiary/aromatic N) is 2. The highest BCUT2D eigenvalue weighted by molar-refractivity contribution is 7.92. The standard InChI is InChI=1S/C24H22ClN3O5S/c1-17-21(25)9-6-10-22(17)28(34(31,32)20-7-4-3-5-8-20)16-23(29)27-26-15-18-11-13-19(14-12-18)24(30)33-2/h3-15H,16H2,1-2H3,(H,27,29)/b26-15-. The molecule has 0 aliphatic rings. The number of hydrogen-bond donors (Lipinski definition) is 1. The molecule has 0 heterocycles. The summed E-state index contributed by atoms with van der Waals surface area (Å²) in [5.74, 6) is -1.12. The van der Waals surface area contributed by atoms with Crippen LogP contribution in [0, 0.1) is 6.92 Å². The van der Waals surface area contributed by atoms with E-state index in [1.807, 2.05) is 0 Å². The van der Waals surface area contributed by atoms with Crippen LogP contribution in [0.2, 0.25) is 5.02 Å². The Balaban J connectivity index is 1.81. The Morgan fingerprint density at radius 1 is 1.03 bits per heavy atom. The van der Waals surface area contributed by atoms with Crippen LogP contribution in [0.3, 0.4) is 0 Å². The fraction of sp³-hybridized carbons (Fsp3) is 0.125. The average Bonchev–Trinajstić information content (AvgIpc) is 2.85. The Labute approximate surface area is 202 Å². The SMILES string of the molecule is COC(=O)c1ccc(/C=N\NC(=O)CN(c2cccc(Cl)c2C)S(=O)(=O)c2ccccc2)cc1. The molecule has 0 unspecified atom stereocenters. The molecular formula is C24H22ClN3O5S. The number of rotatable bonds is 8. The molecule has 176 valence electrons. The number of ether oxygens (including phenoxy) is 1. The first kappa shape index (κ1) is 24.9.